The van der Waals surface area contributed by atoms with Gasteiger partial charge >= 0.3 is 0 Å². The Kier molecular flexibility index (Phi) is 10.4. The van der Waals surface area contributed by atoms with Gasteiger partial charge in [-0.05, 0) is 102 Å². The highest BCUT2D eigenvalue weighted by Gasteiger charge is 2.46. The molecule has 0 amide bonds. The first kappa shape index (κ1) is 43.1. The van der Waals surface area contributed by atoms with Crippen molar-refractivity contribution in [1.82, 2.24) is 15.0 Å². The molecule has 0 saturated carbocycles. The molecule has 0 unspecified atom stereocenters. The molecule has 2 heterocycles. The van der Waals surface area contributed by atoms with Gasteiger partial charge in [-0.15, -0.1) is 0 Å². The van der Waals surface area contributed by atoms with E-state index < -0.39 is 5.41 Å². The van der Waals surface area contributed by atoms with Crippen LogP contribution in [0.3, 0.4) is 0 Å². The Hall–Kier alpha value is -9.77. The fourth-order valence-corrected chi connectivity index (χ4v) is 11.5. The van der Waals surface area contributed by atoms with Crippen molar-refractivity contribution in [2.24, 2.45) is 0 Å². The van der Waals surface area contributed by atoms with Crippen molar-refractivity contribution in [3.05, 3.63) is 295 Å². The van der Waals surface area contributed by atoms with Crippen LogP contribution in [0.15, 0.2) is 277 Å². The lowest BCUT2D eigenvalue weighted by Crippen LogP contribution is -2.28. The number of hydrogen-bond acceptors (Lipinski definition) is 4. The molecule has 0 fully saturated rings. The first-order valence-corrected chi connectivity index (χ1v) is 25.2. The fourth-order valence-electron chi connectivity index (χ4n) is 11.5. The molecule has 74 heavy (non-hydrogen) atoms. The zero-order valence-corrected chi connectivity index (χ0v) is 40.2. The molecule has 0 spiro atoms. The molecule has 346 valence electrons. The van der Waals surface area contributed by atoms with Crippen LogP contribution in [0.1, 0.15) is 22.3 Å². The molecule has 1 aliphatic rings. The highest BCUT2D eigenvalue weighted by Crippen LogP contribution is 2.58. The van der Waals surface area contributed by atoms with Gasteiger partial charge in [0.15, 0.2) is 17.5 Å². The minimum atomic E-state index is -0.462. The summed E-state index contributed by atoms with van der Waals surface area (Å²) in [6, 6.07) is 97.1. The lowest BCUT2D eigenvalue weighted by Gasteiger charge is -2.34. The highest BCUT2D eigenvalue weighted by atomic mass is 16.3. The monoisotopic (exact) mass is 943 g/mol. The molecule has 0 N–H and O–H groups in total. The van der Waals surface area contributed by atoms with E-state index >= 15 is 0 Å². The molecule has 14 rings (SSSR count). The molecule has 13 aromatic rings. The normalized spacial score (nSPS) is 12.4. The number of fused-ring (bicyclic) bond motifs is 6. The highest BCUT2D eigenvalue weighted by molar-refractivity contribution is 6.13. The van der Waals surface area contributed by atoms with Crippen molar-refractivity contribution in [3.8, 4) is 89.8 Å². The molecule has 1 aliphatic carbocycles. The van der Waals surface area contributed by atoms with Crippen LogP contribution >= 0.6 is 0 Å². The maximum atomic E-state index is 6.63. The van der Waals surface area contributed by atoms with Gasteiger partial charge in [0.1, 0.15) is 11.2 Å². The Morgan fingerprint density at radius 3 is 1.46 bits per heavy atom. The maximum absolute atomic E-state index is 6.63. The number of rotatable bonds is 9. The van der Waals surface area contributed by atoms with Gasteiger partial charge in [0.2, 0.25) is 0 Å². The predicted octanol–water partition coefficient (Wildman–Crippen LogP) is 17.8. The van der Waals surface area contributed by atoms with E-state index in [1.54, 1.807) is 0 Å². The van der Waals surface area contributed by atoms with Crippen LogP contribution in [0, 0.1) is 0 Å². The average Bonchev–Trinajstić information content (AvgIpc) is 4.03. The molecule has 0 bridgehead atoms. The van der Waals surface area contributed by atoms with Crippen LogP contribution in [0.4, 0.5) is 0 Å². The Balaban J connectivity index is 0.891. The van der Waals surface area contributed by atoms with E-state index in [0.717, 1.165) is 72.0 Å². The summed E-state index contributed by atoms with van der Waals surface area (Å²) in [7, 11) is 0. The number of benzene rings is 11. The second-order valence-corrected chi connectivity index (χ2v) is 19.0. The van der Waals surface area contributed by atoms with Crippen molar-refractivity contribution in [1.29, 1.82) is 0 Å². The third-order valence-corrected chi connectivity index (χ3v) is 14.9. The van der Waals surface area contributed by atoms with Gasteiger partial charge in [0.05, 0.1) is 5.41 Å². The molecule has 0 atom stereocenters. The minimum Gasteiger partial charge on any atom is -0.456 e. The first-order valence-electron chi connectivity index (χ1n) is 25.2. The minimum absolute atomic E-state index is 0.462. The van der Waals surface area contributed by atoms with Crippen molar-refractivity contribution in [2.75, 3.05) is 0 Å². The summed E-state index contributed by atoms with van der Waals surface area (Å²) in [5.74, 6) is 1.76. The molecule has 2 aromatic heterocycles. The van der Waals surface area contributed by atoms with E-state index in [9.17, 15) is 0 Å². The Labute approximate surface area is 429 Å². The average molecular weight is 944 g/mol. The molecule has 11 aromatic carbocycles. The quantitative estimate of drug-likeness (QED) is 0.145. The summed E-state index contributed by atoms with van der Waals surface area (Å²) < 4.78 is 6.63. The molecular weight excluding hydrogens is 899 g/mol. The van der Waals surface area contributed by atoms with E-state index in [0.29, 0.717) is 17.5 Å². The van der Waals surface area contributed by atoms with Gasteiger partial charge in [-0.25, -0.2) is 15.0 Å². The summed E-state index contributed by atoms with van der Waals surface area (Å²) in [6.45, 7) is 0. The first-order chi connectivity index (χ1) is 36.7. The van der Waals surface area contributed by atoms with Gasteiger partial charge in [-0.3, -0.25) is 0 Å². The van der Waals surface area contributed by atoms with Gasteiger partial charge in [-0.2, -0.15) is 0 Å². The van der Waals surface area contributed by atoms with Gasteiger partial charge in [0.25, 0.3) is 0 Å². The number of aromatic nitrogens is 3. The maximum Gasteiger partial charge on any atom is 0.164 e. The largest absolute Gasteiger partial charge is 0.456 e. The zero-order chi connectivity index (χ0) is 49.0. The van der Waals surface area contributed by atoms with Crippen LogP contribution in [0.25, 0.3) is 112 Å². The Morgan fingerprint density at radius 1 is 0.270 bits per heavy atom. The third kappa shape index (κ3) is 7.10. The van der Waals surface area contributed by atoms with E-state index in [4.69, 9.17) is 19.4 Å². The van der Waals surface area contributed by atoms with E-state index in [2.05, 4.69) is 243 Å². The molecular formula is C70H45N3O. The SMILES string of the molecule is c1ccc(-c2cccc(-c3nc(-c4ccccc4-c4ccccc4)nc(-c4cccc5oc6ccc(-c7ccc(-c8cccc9c8-c8ccccc8C9(c8ccccc8)c8ccccc8)cc7)cc6c45)n3)c2)cc1. The Bertz CT molecular complexity index is 4180. The second kappa shape index (κ2) is 17.8. The van der Waals surface area contributed by atoms with Crippen LogP contribution < -0.4 is 0 Å². The second-order valence-electron chi connectivity index (χ2n) is 19.0. The lowest BCUT2D eigenvalue weighted by atomic mass is 9.67. The summed E-state index contributed by atoms with van der Waals surface area (Å²) in [6.07, 6.45) is 0. The topological polar surface area (TPSA) is 51.8 Å². The molecule has 4 nitrogen and oxygen atoms in total. The third-order valence-electron chi connectivity index (χ3n) is 14.9. The van der Waals surface area contributed by atoms with Crippen molar-refractivity contribution >= 4 is 21.9 Å². The smallest absolute Gasteiger partial charge is 0.164 e. The van der Waals surface area contributed by atoms with E-state index in [-0.39, 0.29) is 0 Å². The molecule has 0 saturated heterocycles. The number of nitrogens with zero attached hydrogens (tertiary/aromatic N) is 3. The van der Waals surface area contributed by atoms with Gasteiger partial charge < -0.3 is 4.42 Å². The van der Waals surface area contributed by atoms with Crippen molar-refractivity contribution in [3.63, 3.8) is 0 Å². The van der Waals surface area contributed by atoms with Crippen molar-refractivity contribution < 1.29 is 4.42 Å². The predicted molar refractivity (Wildman–Crippen MR) is 302 cm³/mol. The van der Waals surface area contributed by atoms with E-state index in [1.165, 1.54) is 44.5 Å². The van der Waals surface area contributed by atoms with Crippen molar-refractivity contribution in [2.45, 2.75) is 5.41 Å². The zero-order valence-electron chi connectivity index (χ0n) is 40.2. The fraction of sp³-hybridized carbons (Fsp3) is 0.0143. The standard InChI is InChI=1S/C70H45N3O/c1-5-20-46(21-6-1)50-24-17-25-52(44-50)67-71-68(57-31-14-13-30-55(57)48-22-7-2-8-23-48)73-69(72-67)59-34-19-37-64-66(59)60-45-51(42-43-63(60)74-64)47-38-40-49(41-39-47)56-33-18-36-62-65(56)58-32-15-16-35-61(58)70(62,53-26-9-3-10-27-53)54-28-11-4-12-29-54/h1-45H. The van der Waals surface area contributed by atoms with Gasteiger partial charge in [0, 0.05) is 27.5 Å². The van der Waals surface area contributed by atoms with E-state index in [1.807, 2.05) is 30.3 Å². The molecule has 0 radical (unpaired) electrons. The summed E-state index contributed by atoms with van der Waals surface area (Å²) in [5.41, 5.74) is 20.4. The van der Waals surface area contributed by atoms with Crippen LogP contribution in [0.5, 0.6) is 0 Å². The Morgan fingerprint density at radius 2 is 0.730 bits per heavy atom. The number of hydrogen-bond donors (Lipinski definition) is 0. The number of furan rings is 1. The van der Waals surface area contributed by atoms with Crippen LogP contribution in [-0.2, 0) is 5.41 Å². The summed E-state index contributed by atoms with van der Waals surface area (Å²) in [5, 5.41) is 1.95. The lowest BCUT2D eigenvalue weighted by molar-refractivity contribution is 0.669. The van der Waals surface area contributed by atoms with Crippen LogP contribution in [-0.4, -0.2) is 15.0 Å². The summed E-state index contributed by atoms with van der Waals surface area (Å²) in [4.78, 5) is 15.9. The molecule has 4 heteroatoms. The molecule has 0 aliphatic heterocycles. The van der Waals surface area contributed by atoms with Gasteiger partial charge in [-0.1, -0.05) is 249 Å². The summed E-state index contributed by atoms with van der Waals surface area (Å²) >= 11 is 0. The van der Waals surface area contributed by atoms with Crippen LogP contribution in [0.2, 0.25) is 0 Å².